The normalized spacial score (nSPS) is 13.4. The second kappa shape index (κ2) is 10.6. The van der Waals surface area contributed by atoms with E-state index in [1.807, 2.05) is 6.08 Å². The molecule has 2 heteroatoms. The number of rotatable bonds is 9. The van der Waals surface area contributed by atoms with Crippen molar-refractivity contribution < 1.29 is 4.43 Å². The highest BCUT2D eigenvalue weighted by Gasteiger charge is 2.49. The van der Waals surface area contributed by atoms with E-state index < -0.39 is 8.32 Å². The fraction of sp³-hybridized carbons (Fsp3) is 0.333. The van der Waals surface area contributed by atoms with Crippen molar-refractivity contribution in [2.45, 2.75) is 52.5 Å². The van der Waals surface area contributed by atoms with Crippen LogP contribution in [0.15, 0.2) is 96.6 Å². The smallest absolute Gasteiger partial charge is 0.261 e. The van der Waals surface area contributed by atoms with Gasteiger partial charge in [-0.25, -0.2) is 0 Å². The molecule has 2 aromatic rings. The van der Waals surface area contributed by atoms with Crippen LogP contribution in [-0.4, -0.2) is 14.9 Å². The van der Waals surface area contributed by atoms with E-state index >= 15 is 0 Å². The van der Waals surface area contributed by atoms with Gasteiger partial charge in [-0.1, -0.05) is 117 Å². The van der Waals surface area contributed by atoms with Gasteiger partial charge < -0.3 is 4.43 Å². The third kappa shape index (κ3) is 5.91. The van der Waals surface area contributed by atoms with Crippen molar-refractivity contribution in [3.63, 3.8) is 0 Å². The van der Waals surface area contributed by atoms with E-state index in [9.17, 15) is 0 Å². The summed E-state index contributed by atoms with van der Waals surface area (Å²) in [5.41, 5.74) is 2.61. The first-order valence-corrected chi connectivity index (χ1v) is 12.4. The van der Waals surface area contributed by atoms with Crippen LogP contribution in [-0.2, 0) is 4.43 Å². The first kappa shape index (κ1) is 23.1. The Hall–Kier alpha value is -2.16. The van der Waals surface area contributed by atoms with E-state index in [0.717, 1.165) is 12.8 Å². The summed E-state index contributed by atoms with van der Waals surface area (Å²) < 4.78 is 6.92. The molecule has 0 amide bonds. The van der Waals surface area contributed by atoms with Gasteiger partial charge >= 0.3 is 0 Å². The maximum Gasteiger partial charge on any atom is 0.261 e. The minimum absolute atomic E-state index is 0.0151. The van der Waals surface area contributed by atoms with Gasteiger partial charge in [0.1, 0.15) is 0 Å². The summed E-state index contributed by atoms with van der Waals surface area (Å²) in [6, 6.07) is 21.6. The topological polar surface area (TPSA) is 9.23 Å². The highest BCUT2D eigenvalue weighted by Crippen LogP contribution is 2.36. The van der Waals surface area contributed by atoms with Crippen LogP contribution in [0.1, 0.15) is 47.5 Å². The molecule has 0 atom stereocenters. The number of hydrogen-bond donors (Lipinski definition) is 0. The number of hydrogen-bond acceptors (Lipinski definition) is 1. The summed E-state index contributed by atoms with van der Waals surface area (Å²) in [7, 11) is -2.44. The van der Waals surface area contributed by atoms with Gasteiger partial charge in [0.2, 0.25) is 0 Å². The second-order valence-electron chi connectivity index (χ2n) is 8.72. The van der Waals surface area contributed by atoms with E-state index in [-0.39, 0.29) is 5.04 Å². The van der Waals surface area contributed by atoms with Crippen molar-refractivity contribution in [2.75, 3.05) is 6.61 Å². The molecular formula is C27H36OSi. The molecule has 0 N–H and O–H groups in total. The van der Waals surface area contributed by atoms with Crippen LogP contribution >= 0.6 is 0 Å². The predicted octanol–water partition coefficient (Wildman–Crippen LogP) is 6.42. The average molecular weight is 405 g/mol. The van der Waals surface area contributed by atoms with Gasteiger partial charge in [-0.2, -0.15) is 0 Å². The molecule has 0 aliphatic carbocycles. The van der Waals surface area contributed by atoms with Crippen molar-refractivity contribution in [2.24, 2.45) is 0 Å². The Bertz CT molecular complexity index is 786. The maximum absolute atomic E-state index is 6.92. The van der Waals surface area contributed by atoms with E-state index in [1.54, 1.807) is 0 Å². The van der Waals surface area contributed by atoms with Crippen LogP contribution in [0.3, 0.4) is 0 Å². The van der Waals surface area contributed by atoms with Crippen molar-refractivity contribution in [3.05, 3.63) is 96.6 Å². The quantitative estimate of drug-likeness (QED) is 0.266. The van der Waals surface area contributed by atoms with Crippen molar-refractivity contribution in [1.82, 2.24) is 0 Å². The summed E-state index contributed by atoms with van der Waals surface area (Å²) in [6.07, 6.45) is 8.50. The maximum atomic E-state index is 6.92. The van der Waals surface area contributed by atoms with Gasteiger partial charge in [-0.05, 0) is 42.1 Å². The van der Waals surface area contributed by atoms with Gasteiger partial charge in [-0.3, -0.25) is 0 Å². The minimum Gasteiger partial charge on any atom is -0.404 e. The van der Waals surface area contributed by atoms with Gasteiger partial charge in [0, 0.05) is 0 Å². The van der Waals surface area contributed by atoms with Crippen LogP contribution in [0.2, 0.25) is 5.04 Å². The number of benzene rings is 2. The molecule has 0 fully saturated rings. The van der Waals surface area contributed by atoms with Gasteiger partial charge in [0.15, 0.2) is 0 Å². The fourth-order valence-electron chi connectivity index (χ4n) is 3.78. The third-order valence-electron chi connectivity index (χ3n) is 5.48. The zero-order chi connectivity index (χ0) is 21.3. The average Bonchev–Trinajstić information content (AvgIpc) is 2.71. The molecule has 0 bridgehead atoms. The Morgan fingerprint density at radius 2 is 1.41 bits per heavy atom. The summed E-state index contributed by atoms with van der Waals surface area (Å²) in [6.45, 7) is 15.7. The van der Waals surface area contributed by atoms with Gasteiger partial charge in [-0.15, -0.1) is 0 Å². The lowest BCUT2D eigenvalue weighted by Gasteiger charge is -2.42. The molecule has 0 unspecified atom stereocenters. The van der Waals surface area contributed by atoms with Crippen LogP contribution in [0.25, 0.3) is 0 Å². The molecule has 0 aliphatic heterocycles. The lowest BCUT2D eigenvalue weighted by atomic mass is 10.1. The monoisotopic (exact) mass is 404 g/mol. The summed E-state index contributed by atoms with van der Waals surface area (Å²) in [4.78, 5) is 0. The van der Waals surface area contributed by atoms with Crippen LogP contribution in [0.5, 0.6) is 0 Å². The molecule has 2 rings (SSSR count). The first-order valence-electron chi connectivity index (χ1n) is 10.5. The van der Waals surface area contributed by atoms with Crippen molar-refractivity contribution in [1.29, 1.82) is 0 Å². The lowest BCUT2D eigenvalue weighted by molar-refractivity contribution is 0.338. The SMILES string of the molecule is C=C/C(C)=C\CC/C(C)=C/CO[Si](c1ccccc1)(c1ccccc1)C(C)(C)C. The first-order chi connectivity index (χ1) is 13.8. The molecule has 0 radical (unpaired) electrons. The molecule has 0 heterocycles. The summed E-state index contributed by atoms with van der Waals surface area (Å²) in [5, 5.41) is 2.67. The molecule has 0 aromatic heterocycles. The summed E-state index contributed by atoms with van der Waals surface area (Å²) >= 11 is 0. The Morgan fingerprint density at radius 3 is 1.86 bits per heavy atom. The molecule has 0 aliphatic rings. The van der Waals surface area contributed by atoms with E-state index in [4.69, 9.17) is 4.43 Å². The Labute approximate surface area is 179 Å². The highest BCUT2D eigenvalue weighted by molar-refractivity contribution is 6.99. The van der Waals surface area contributed by atoms with Crippen molar-refractivity contribution in [3.8, 4) is 0 Å². The molecule has 0 spiro atoms. The standard InChI is InChI=1S/C27H36OSi/c1-7-23(2)15-14-16-24(3)21-22-28-29(27(4,5)6,25-17-10-8-11-18-25)26-19-12-9-13-20-26/h7-13,15,17-21H,1,14,16,22H2,2-6H3/b23-15-,24-21+. The van der Waals surface area contributed by atoms with Crippen LogP contribution in [0, 0.1) is 0 Å². The van der Waals surface area contributed by atoms with Gasteiger partial charge in [0.05, 0.1) is 6.61 Å². The highest BCUT2D eigenvalue weighted by atomic mass is 28.4. The minimum atomic E-state index is -2.44. The molecule has 2 aromatic carbocycles. The Kier molecular flexibility index (Phi) is 8.42. The molecule has 0 saturated carbocycles. The second-order valence-corrected chi connectivity index (χ2v) is 13.0. The van der Waals surface area contributed by atoms with Crippen molar-refractivity contribution >= 4 is 18.7 Å². The summed E-state index contributed by atoms with van der Waals surface area (Å²) in [5.74, 6) is 0. The predicted molar refractivity (Wildman–Crippen MR) is 131 cm³/mol. The lowest BCUT2D eigenvalue weighted by Crippen LogP contribution is -2.66. The Morgan fingerprint density at radius 1 is 0.897 bits per heavy atom. The molecular weight excluding hydrogens is 368 g/mol. The molecule has 1 nitrogen and oxygen atoms in total. The zero-order valence-electron chi connectivity index (χ0n) is 18.7. The number of allylic oxidation sites excluding steroid dienone is 4. The van der Waals surface area contributed by atoms with E-state index in [2.05, 4.69) is 114 Å². The van der Waals surface area contributed by atoms with E-state index in [0.29, 0.717) is 6.61 Å². The molecule has 154 valence electrons. The van der Waals surface area contributed by atoms with E-state index in [1.165, 1.54) is 21.5 Å². The Balaban J connectivity index is 2.32. The van der Waals surface area contributed by atoms with Gasteiger partial charge in [0.25, 0.3) is 8.32 Å². The molecule has 0 saturated heterocycles. The molecule has 29 heavy (non-hydrogen) atoms. The third-order valence-corrected chi connectivity index (χ3v) is 10.5. The zero-order valence-corrected chi connectivity index (χ0v) is 19.7. The van der Waals surface area contributed by atoms with Crippen LogP contribution < -0.4 is 10.4 Å². The largest absolute Gasteiger partial charge is 0.404 e. The van der Waals surface area contributed by atoms with Crippen LogP contribution in [0.4, 0.5) is 0 Å². The fourth-order valence-corrected chi connectivity index (χ4v) is 8.27.